The van der Waals surface area contributed by atoms with Gasteiger partial charge in [0, 0.05) is 13.7 Å². The molecule has 1 N–H and O–H groups in total. The van der Waals surface area contributed by atoms with E-state index in [0.29, 0.717) is 6.42 Å². The first-order valence-corrected chi connectivity index (χ1v) is 9.27. The van der Waals surface area contributed by atoms with Crippen LogP contribution in [0.5, 0.6) is 0 Å². The van der Waals surface area contributed by atoms with Gasteiger partial charge in [-0.25, -0.2) is 13.1 Å². The monoisotopic (exact) mass is 357 g/mol. The maximum atomic E-state index is 12.5. The van der Waals surface area contributed by atoms with E-state index in [1.54, 1.807) is 11.8 Å². The lowest BCUT2D eigenvalue weighted by atomic mass is 10.2. The molecule has 0 fully saturated rings. The Morgan fingerprint density at radius 3 is 2.32 bits per heavy atom. The van der Waals surface area contributed by atoms with Crippen LogP contribution in [-0.2, 0) is 20.9 Å². The van der Waals surface area contributed by atoms with Gasteiger partial charge in [0.05, 0.1) is 16.6 Å². The zero-order chi connectivity index (χ0) is 16.8. The Kier molecular flexibility index (Phi) is 7.17. The molecule has 0 bridgehead atoms. The van der Waals surface area contributed by atoms with Crippen molar-refractivity contribution in [3.63, 3.8) is 0 Å². The summed E-state index contributed by atoms with van der Waals surface area (Å²) in [5.74, 6) is 0.820. The number of rotatable bonds is 8. The van der Waals surface area contributed by atoms with E-state index in [4.69, 9.17) is 4.74 Å². The van der Waals surface area contributed by atoms with E-state index < -0.39 is 21.8 Å². The topological polar surface area (TPSA) is 55.4 Å². The number of ether oxygens (including phenoxy) is 1. The molecular formula is C13H18F3NO3S2. The summed E-state index contributed by atoms with van der Waals surface area (Å²) in [7, 11) is -2.37. The lowest BCUT2D eigenvalue weighted by molar-refractivity contribution is -0.137. The van der Waals surface area contributed by atoms with Crippen molar-refractivity contribution in [1.82, 2.24) is 4.72 Å². The number of thioether (sulfide) groups is 1. The number of hydrogen-bond donors (Lipinski definition) is 1. The van der Waals surface area contributed by atoms with Gasteiger partial charge in [0.15, 0.2) is 0 Å². The molecule has 0 amide bonds. The predicted octanol–water partition coefficient (Wildman–Crippen LogP) is 2.75. The molecule has 0 saturated carbocycles. The maximum absolute atomic E-state index is 12.5. The number of nitrogens with one attached hydrogen (secondary N) is 1. The van der Waals surface area contributed by atoms with E-state index >= 15 is 0 Å². The normalized spacial score (nSPS) is 14.0. The number of hydrogen-bond acceptors (Lipinski definition) is 4. The van der Waals surface area contributed by atoms with Crippen molar-refractivity contribution in [2.45, 2.75) is 23.6 Å². The largest absolute Gasteiger partial charge is 0.416 e. The minimum Gasteiger partial charge on any atom is -0.380 e. The number of methoxy groups -OCH3 is 1. The van der Waals surface area contributed by atoms with Crippen molar-refractivity contribution in [3.8, 4) is 0 Å². The van der Waals surface area contributed by atoms with Gasteiger partial charge in [0.1, 0.15) is 0 Å². The van der Waals surface area contributed by atoms with Crippen LogP contribution in [0.25, 0.3) is 0 Å². The van der Waals surface area contributed by atoms with Crippen molar-refractivity contribution in [1.29, 1.82) is 0 Å². The first-order chi connectivity index (χ1) is 10.2. The molecule has 0 aliphatic rings. The van der Waals surface area contributed by atoms with E-state index in [0.717, 1.165) is 30.0 Å². The van der Waals surface area contributed by atoms with Crippen LogP contribution >= 0.6 is 11.8 Å². The molecule has 1 aromatic rings. The number of alkyl halides is 3. The molecule has 0 aliphatic heterocycles. The molecule has 1 unspecified atom stereocenters. The highest BCUT2D eigenvalue weighted by Crippen LogP contribution is 2.29. The first-order valence-electron chi connectivity index (χ1n) is 6.39. The summed E-state index contributed by atoms with van der Waals surface area (Å²) >= 11 is 1.62. The van der Waals surface area contributed by atoms with Gasteiger partial charge in [0.2, 0.25) is 10.0 Å². The Morgan fingerprint density at radius 2 is 1.86 bits per heavy atom. The molecule has 1 rings (SSSR count). The third-order valence-corrected chi connectivity index (χ3v) is 5.05. The quantitative estimate of drug-likeness (QED) is 0.777. The Labute approximate surface area is 132 Å². The molecule has 126 valence electrons. The van der Waals surface area contributed by atoms with Gasteiger partial charge in [-0.15, -0.1) is 0 Å². The summed E-state index contributed by atoms with van der Waals surface area (Å²) in [5, 5.41) is 0. The van der Waals surface area contributed by atoms with Crippen LogP contribution in [0.15, 0.2) is 29.2 Å². The lowest BCUT2D eigenvalue weighted by Gasteiger charge is -2.16. The van der Waals surface area contributed by atoms with Gasteiger partial charge in [-0.05, 0) is 42.7 Å². The van der Waals surface area contributed by atoms with Crippen molar-refractivity contribution in [2.75, 3.05) is 25.7 Å². The second-order valence-electron chi connectivity index (χ2n) is 4.51. The zero-order valence-corrected chi connectivity index (χ0v) is 13.8. The summed E-state index contributed by atoms with van der Waals surface area (Å²) in [4.78, 5) is -0.208. The predicted molar refractivity (Wildman–Crippen MR) is 80.4 cm³/mol. The molecule has 0 heterocycles. The molecule has 1 atom stereocenters. The first kappa shape index (κ1) is 19.3. The second-order valence-corrected chi connectivity index (χ2v) is 7.27. The van der Waals surface area contributed by atoms with Crippen LogP contribution in [0.3, 0.4) is 0 Å². The van der Waals surface area contributed by atoms with Crippen LogP contribution in [0.4, 0.5) is 13.2 Å². The summed E-state index contributed by atoms with van der Waals surface area (Å²) in [5.41, 5.74) is -0.888. The van der Waals surface area contributed by atoms with E-state index in [1.807, 2.05) is 6.26 Å². The SMILES string of the molecule is COC(CCSC)CNS(=O)(=O)c1ccc(C(F)(F)F)cc1. The molecule has 0 radical (unpaired) electrons. The standard InChI is InChI=1S/C13H18F3NO3S2/c1-20-11(7-8-21-2)9-17-22(18,19)12-5-3-10(4-6-12)13(14,15)16/h3-6,11,17H,7-9H2,1-2H3. The van der Waals surface area contributed by atoms with Crippen molar-refractivity contribution < 1.29 is 26.3 Å². The fraction of sp³-hybridized carbons (Fsp3) is 0.538. The Morgan fingerprint density at radius 1 is 1.27 bits per heavy atom. The van der Waals surface area contributed by atoms with Gasteiger partial charge in [-0.1, -0.05) is 0 Å². The molecular weight excluding hydrogens is 339 g/mol. The van der Waals surface area contributed by atoms with Gasteiger partial charge in [-0.2, -0.15) is 24.9 Å². The summed E-state index contributed by atoms with van der Waals surface area (Å²) in [6.07, 6.45) is -2.17. The van der Waals surface area contributed by atoms with Crippen molar-refractivity contribution in [2.24, 2.45) is 0 Å². The summed E-state index contributed by atoms with van der Waals surface area (Å²) in [6.45, 7) is 0.0699. The van der Waals surface area contributed by atoms with Crippen molar-refractivity contribution in [3.05, 3.63) is 29.8 Å². The highest BCUT2D eigenvalue weighted by Gasteiger charge is 2.30. The molecule has 9 heteroatoms. The average molecular weight is 357 g/mol. The number of halogens is 3. The molecule has 0 aromatic heterocycles. The van der Waals surface area contributed by atoms with E-state index in [2.05, 4.69) is 4.72 Å². The Balaban J connectivity index is 2.74. The smallest absolute Gasteiger partial charge is 0.380 e. The molecule has 1 aromatic carbocycles. The molecule has 4 nitrogen and oxygen atoms in total. The van der Waals surface area contributed by atoms with Crippen LogP contribution < -0.4 is 4.72 Å². The fourth-order valence-corrected chi connectivity index (χ4v) is 3.23. The number of benzene rings is 1. The average Bonchev–Trinajstić information content (AvgIpc) is 2.46. The lowest BCUT2D eigenvalue weighted by Crippen LogP contribution is -2.33. The van der Waals surface area contributed by atoms with E-state index in [1.165, 1.54) is 7.11 Å². The molecule has 0 saturated heterocycles. The third kappa shape index (κ3) is 5.79. The fourth-order valence-electron chi connectivity index (χ4n) is 1.66. The van der Waals surface area contributed by atoms with Crippen LogP contribution in [0.2, 0.25) is 0 Å². The van der Waals surface area contributed by atoms with Gasteiger partial charge in [-0.3, -0.25) is 0 Å². The minimum atomic E-state index is -4.49. The second kappa shape index (κ2) is 8.19. The summed E-state index contributed by atoms with van der Waals surface area (Å²) < 4.78 is 68.9. The molecule has 0 spiro atoms. The van der Waals surface area contributed by atoms with Gasteiger partial charge in [0.25, 0.3) is 0 Å². The number of sulfonamides is 1. The van der Waals surface area contributed by atoms with E-state index in [9.17, 15) is 21.6 Å². The van der Waals surface area contributed by atoms with E-state index in [-0.39, 0.29) is 17.5 Å². The van der Waals surface area contributed by atoms with Crippen LogP contribution in [0, 0.1) is 0 Å². The van der Waals surface area contributed by atoms with Crippen molar-refractivity contribution >= 4 is 21.8 Å². The third-order valence-electron chi connectivity index (χ3n) is 2.97. The zero-order valence-electron chi connectivity index (χ0n) is 12.2. The Hall–Kier alpha value is -0.770. The Bertz CT molecular complexity index is 559. The maximum Gasteiger partial charge on any atom is 0.416 e. The summed E-state index contributed by atoms with van der Waals surface area (Å²) in [6, 6.07) is 3.37. The molecule has 22 heavy (non-hydrogen) atoms. The van der Waals surface area contributed by atoms with Crippen LogP contribution in [-0.4, -0.2) is 40.2 Å². The minimum absolute atomic E-state index is 0.0699. The highest BCUT2D eigenvalue weighted by atomic mass is 32.2. The van der Waals surface area contributed by atoms with Gasteiger partial charge < -0.3 is 4.74 Å². The highest BCUT2D eigenvalue weighted by molar-refractivity contribution is 7.98. The molecule has 0 aliphatic carbocycles. The van der Waals surface area contributed by atoms with Crippen LogP contribution in [0.1, 0.15) is 12.0 Å². The van der Waals surface area contributed by atoms with Gasteiger partial charge >= 0.3 is 6.18 Å².